The van der Waals surface area contributed by atoms with Crippen molar-refractivity contribution in [2.75, 3.05) is 19.6 Å². The second-order valence-corrected chi connectivity index (χ2v) is 5.33. The van der Waals surface area contributed by atoms with Crippen LogP contribution in [0.1, 0.15) is 25.5 Å². The van der Waals surface area contributed by atoms with Crippen molar-refractivity contribution in [1.29, 1.82) is 0 Å². The summed E-state index contributed by atoms with van der Waals surface area (Å²) >= 11 is 0. The van der Waals surface area contributed by atoms with E-state index in [1.165, 1.54) is 12.1 Å². The van der Waals surface area contributed by atoms with Gasteiger partial charge in [0, 0.05) is 19.6 Å². The number of nitrogens with one attached hydrogen (secondary N) is 1. The number of hydrogen-bond acceptors (Lipinski definition) is 3. The van der Waals surface area contributed by atoms with Crippen LogP contribution in [0.4, 0.5) is 4.39 Å². The predicted octanol–water partition coefficient (Wildman–Crippen LogP) is 1.07. The van der Waals surface area contributed by atoms with Crippen LogP contribution in [-0.2, 0) is 4.79 Å². The molecular weight excluding hydrogens is 247 g/mol. The highest BCUT2D eigenvalue weighted by Crippen LogP contribution is 2.22. The Labute approximate surface area is 112 Å². The number of hydrogen-bond donors (Lipinski definition) is 2. The van der Waals surface area contributed by atoms with Crippen molar-refractivity contribution < 1.29 is 14.3 Å². The number of amides is 1. The number of benzene rings is 1. The molecule has 1 atom stereocenters. The average molecular weight is 266 g/mol. The van der Waals surface area contributed by atoms with Crippen molar-refractivity contribution in [3.8, 4) is 0 Å². The lowest BCUT2D eigenvalue weighted by Gasteiger charge is -2.42. The fourth-order valence-electron chi connectivity index (χ4n) is 2.26. The van der Waals surface area contributed by atoms with Gasteiger partial charge in [-0.3, -0.25) is 9.69 Å². The molecule has 1 aromatic rings. The van der Waals surface area contributed by atoms with Crippen molar-refractivity contribution in [1.82, 2.24) is 10.2 Å². The quantitative estimate of drug-likeness (QED) is 0.860. The molecule has 0 aliphatic carbocycles. The number of aliphatic hydroxyl groups excluding tert-OH is 1. The smallest absolute Gasteiger partial charge is 0.240 e. The van der Waals surface area contributed by atoms with E-state index in [1.54, 1.807) is 12.1 Å². The summed E-state index contributed by atoms with van der Waals surface area (Å²) in [5.74, 6) is -0.362. The Kier molecular flexibility index (Phi) is 3.87. The van der Waals surface area contributed by atoms with Crippen molar-refractivity contribution >= 4 is 5.91 Å². The molecule has 1 heterocycles. The summed E-state index contributed by atoms with van der Waals surface area (Å²) < 4.78 is 12.8. The number of aliphatic hydroxyl groups is 1. The Balaban J connectivity index is 2.07. The number of piperazine rings is 1. The third-order valence-corrected chi connectivity index (χ3v) is 3.66. The minimum Gasteiger partial charge on any atom is -0.387 e. The Morgan fingerprint density at radius 1 is 1.42 bits per heavy atom. The van der Waals surface area contributed by atoms with Crippen LogP contribution in [0.5, 0.6) is 0 Å². The first-order chi connectivity index (χ1) is 8.91. The Morgan fingerprint density at radius 2 is 2.05 bits per heavy atom. The average Bonchev–Trinajstić information content (AvgIpc) is 2.36. The topological polar surface area (TPSA) is 52.6 Å². The standard InChI is InChI=1S/C14H19FN2O2/c1-14(2)13(19)16-7-8-17(14)9-12(18)10-3-5-11(15)6-4-10/h3-6,12,18H,7-9H2,1-2H3,(H,16,19). The molecule has 1 aliphatic heterocycles. The van der Waals surface area contributed by atoms with Gasteiger partial charge >= 0.3 is 0 Å². The second-order valence-electron chi connectivity index (χ2n) is 5.33. The molecule has 1 saturated heterocycles. The molecule has 1 amide bonds. The van der Waals surface area contributed by atoms with E-state index in [2.05, 4.69) is 5.32 Å². The molecule has 2 N–H and O–H groups in total. The van der Waals surface area contributed by atoms with Crippen LogP contribution in [-0.4, -0.2) is 41.1 Å². The highest BCUT2D eigenvalue weighted by atomic mass is 19.1. The summed E-state index contributed by atoms with van der Waals surface area (Å²) in [6, 6.07) is 5.78. The van der Waals surface area contributed by atoms with Gasteiger partial charge in [0.15, 0.2) is 0 Å². The third kappa shape index (κ3) is 2.93. The number of carbonyl (C=O) groups excluding carboxylic acids is 1. The molecule has 4 nitrogen and oxygen atoms in total. The summed E-state index contributed by atoms with van der Waals surface area (Å²) in [5.41, 5.74) is 0.0161. The van der Waals surface area contributed by atoms with Gasteiger partial charge < -0.3 is 10.4 Å². The number of nitrogens with zero attached hydrogens (tertiary/aromatic N) is 1. The van der Waals surface area contributed by atoms with Crippen molar-refractivity contribution in [3.05, 3.63) is 35.6 Å². The number of halogens is 1. The molecule has 1 fully saturated rings. The Bertz CT molecular complexity index is 459. The molecule has 1 aliphatic rings. The van der Waals surface area contributed by atoms with E-state index in [0.29, 0.717) is 25.2 Å². The summed E-state index contributed by atoms with van der Waals surface area (Å²) in [5, 5.41) is 13.0. The summed E-state index contributed by atoms with van der Waals surface area (Å²) in [6.45, 7) is 5.29. The van der Waals surface area contributed by atoms with Crippen LogP contribution in [0, 0.1) is 5.82 Å². The number of β-amino-alcohol motifs (C(OH)–C–C–N with tert-alkyl or cyclic N) is 1. The maximum atomic E-state index is 12.8. The van der Waals surface area contributed by atoms with E-state index in [-0.39, 0.29) is 11.7 Å². The fraction of sp³-hybridized carbons (Fsp3) is 0.500. The zero-order valence-electron chi connectivity index (χ0n) is 11.2. The molecule has 104 valence electrons. The van der Waals surface area contributed by atoms with Crippen LogP contribution < -0.4 is 5.32 Å². The summed E-state index contributed by atoms with van der Waals surface area (Å²) in [4.78, 5) is 13.7. The highest BCUT2D eigenvalue weighted by molar-refractivity contribution is 5.86. The van der Waals surface area contributed by atoms with Gasteiger partial charge in [0.05, 0.1) is 11.6 Å². The van der Waals surface area contributed by atoms with Crippen LogP contribution in [0.2, 0.25) is 0 Å². The van der Waals surface area contributed by atoms with E-state index < -0.39 is 11.6 Å². The summed E-state index contributed by atoms with van der Waals surface area (Å²) in [7, 11) is 0. The minimum atomic E-state index is -0.731. The van der Waals surface area contributed by atoms with Crippen LogP contribution >= 0.6 is 0 Å². The first kappa shape index (κ1) is 14.0. The number of rotatable bonds is 3. The summed E-state index contributed by atoms with van der Waals surface area (Å²) in [6.07, 6.45) is -0.731. The molecule has 0 radical (unpaired) electrons. The van der Waals surface area contributed by atoms with Crippen molar-refractivity contribution in [3.63, 3.8) is 0 Å². The van der Waals surface area contributed by atoms with Crippen LogP contribution in [0.25, 0.3) is 0 Å². The van der Waals surface area contributed by atoms with Gasteiger partial charge in [0.25, 0.3) is 0 Å². The zero-order chi connectivity index (χ0) is 14.0. The second kappa shape index (κ2) is 5.27. The predicted molar refractivity (Wildman–Crippen MR) is 70.0 cm³/mol. The molecule has 0 spiro atoms. The normalized spacial score (nSPS) is 20.9. The fourth-order valence-corrected chi connectivity index (χ4v) is 2.26. The molecule has 0 bridgehead atoms. The van der Waals surface area contributed by atoms with Gasteiger partial charge in [-0.25, -0.2) is 4.39 Å². The van der Waals surface area contributed by atoms with E-state index >= 15 is 0 Å². The van der Waals surface area contributed by atoms with Gasteiger partial charge in [0.1, 0.15) is 5.82 Å². The van der Waals surface area contributed by atoms with E-state index in [9.17, 15) is 14.3 Å². The molecule has 0 aromatic heterocycles. The highest BCUT2D eigenvalue weighted by Gasteiger charge is 2.38. The number of carbonyl (C=O) groups is 1. The van der Waals surface area contributed by atoms with Gasteiger partial charge in [-0.1, -0.05) is 12.1 Å². The minimum absolute atomic E-state index is 0.0370. The van der Waals surface area contributed by atoms with Gasteiger partial charge in [-0.2, -0.15) is 0 Å². The molecule has 19 heavy (non-hydrogen) atoms. The Hall–Kier alpha value is -1.46. The maximum absolute atomic E-state index is 12.8. The molecular formula is C14H19FN2O2. The van der Waals surface area contributed by atoms with Gasteiger partial charge in [-0.05, 0) is 31.5 Å². The Morgan fingerprint density at radius 3 is 2.68 bits per heavy atom. The SMILES string of the molecule is CC1(C)C(=O)NCCN1CC(O)c1ccc(F)cc1. The molecule has 2 rings (SSSR count). The van der Waals surface area contributed by atoms with E-state index in [0.717, 1.165) is 0 Å². The van der Waals surface area contributed by atoms with Crippen molar-refractivity contribution in [2.45, 2.75) is 25.5 Å². The largest absolute Gasteiger partial charge is 0.387 e. The maximum Gasteiger partial charge on any atom is 0.240 e. The van der Waals surface area contributed by atoms with Gasteiger partial charge in [-0.15, -0.1) is 0 Å². The molecule has 5 heteroatoms. The van der Waals surface area contributed by atoms with Crippen molar-refractivity contribution in [2.24, 2.45) is 0 Å². The molecule has 0 saturated carbocycles. The lowest BCUT2D eigenvalue weighted by molar-refractivity contribution is -0.136. The first-order valence-corrected chi connectivity index (χ1v) is 6.38. The van der Waals surface area contributed by atoms with Crippen LogP contribution in [0.15, 0.2) is 24.3 Å². The lowest BCUT2D eigenvalue weighted by Crippen LogP contribution is -2.62. The molecule has 1 unspecified atom stereocenters. The first-order valence-electron chi connectivity index (χ1n) is 6.38. The third-order valence-electron chi connectivity index (χ3n) is 3.66. The van der Waals surface area contributed by atoms with Gasteiger partial charge in [0.2, 0.25) is 5.91 Å². The zero-order valence-corrected chi connectivity index (χ0v) is 11.2. The monoisotopic (exact) mass is 266 g/mol. The lowest BCUT2D eigenvalue weighted by atomic mass is 9.97. The van der Waals surface area contributed by atoms with Crippen LogP contribution in [0.3, 0.4) is 0 Å². The van der Waals surface area contributed by atoms with E-state index in [4.69, 9.17) is 0 Å². The molecule has 1 aromatic carbocycles. The van der Waals surface area contributed by atoms with E-state index in [1.807, 2.05) is 18.7 Å².